The molecule has 1 unspecified atom stereocenters. The Labute approximate surface area is 156 Å². The summed E-state index contributed by atoms with van der Waals surface area (Å²) in [6, 6.07) is 19.2. The van der Waals surface area contributed by atoms with Crippen molar-refractivity contribution in [1.82, 2.24) is 14.7 Å². The Kier molecular flexibility index (Phi) is 5.77. The van der Waals surface area contributed by atoms with Crippen LogP contribution in [0.5, 0.6) is 0 Å². The highest BCUT2D eigenvalue weighted by molar-refractivity contribution is 5.93. The van der Waals surface area contributed by atoms with Gasteiger partial charge in [-0.15, -0.1) is 12.4 Å². The molecule has 2 aromatic carbocycles. The fourth-order valence-electron chi connectivity index (χ4n) is 3.93. The molecule has 3 aromatic rings. The summed E-state index contributed by atoms with van der Waals surface area (Å²) in [5.74, 6) is 0. The van der Waals surface area contributed by atoms with Crippen LogP contribution in [0.25, 0.3) is 22.2 Å². The molecule has 1 aliphatic heterocycles. The highest BCUT2D eigenvalue weighted by Gasteiger charge is 2.24. The predicted molar refractivity (Wildman–Crippen MR) is 107 cm³/mol. The lowest BCUT2D eigenvalue weighted by Crippen LogP contribution is -2.37. The Hall–Kier alpha value is -1.84. The zero-order valence-corrected chi connectivity index (χ0v) is 15.6. The van der Waals surface area contributed by atoms with E-state index in [1.54, 1.807) is 0 Å². The first kappa shape index (κ1) is 18.0. The molecule has 0 spiro atoms. The second-order valence-electron chi connectivity index (χ2n) is 6.66. The summed E-state index contributed by atoms with van der Waals surface area (Å²) in [5.41, 5.74) is 3.54. The van der Waals surface area contributed by atoms with E-state index in [1.807, 2.05) is 0 Å². The first-order chi connectivity index (χ1) is 11.9. The van der Waals surface area contributed by atoms with Crippen LogP contribution in [0.4, 0.5) is 0 Å². The largest absolute Gasteiger partial charge is 0.282 e. The summed E-state index contributed by atoms with van der Waals surface area (Å²) >= 11 is 0. The standard InChI is InChI=1S/C21H25N3.ClH/c1-2-20(23-15-9-4-10-16-23)24-19-14-8-7-13-18(19)21(22-24)17-11-5-3-6-12-17;/h3,5-8,11-14,20H,2,4,9-10,15-16H2,1H3;1H. The first-order valence-corrected chi connectivity index (χ1v) is 9.15. The summed E-state index contributed by atoms with van der Waals surface area (Å²) in [6.45, 7) is 4.65. The van der Waals surface area contributed by atoms with Crippen molar-refractivity contribution in [3.8, 4) is 11.3 Å². The Morgan fingerprint density at radius 2 is 1.60 bits per heavy atom. The summed E-state index contributed by atoms with van der Waals surface area (Å²) in [5, 5.41) is 6.33. The maximum atomic E-state index is 5.08. The van der Waals surface area contributed by atoms with Gasteiger partial charge in [-0.25, -0.2) is 4.68 Å². The van der Waals surface area contributed by atoms with Crippen molar-refractivity contribution < 1.29 is 0 Å². The molecule has 1 fully saturated rings. The number of fused-ring (bicyclic) bond motifs is 1. The average molecular weight is 356 g/mol. The van der Waals surface area contributed by atoms with Crippen molar-refractivity contribution in [2.75, 3.05) is 13.1 Å². The van der Waals surface area contributed by atoms with Gasteiger partial charge in [0.15, 0.2) is 0 Å². The lowest BCUT2D eigenvalue weighted by molar-refractivity contribution is 0.103. The van der Waals surface area contributed by atoms with Crippen LogP contribution in [0.3, 0.4) is 0 Å². The molecule has 4 rings (SSSR count). The molecule has 2 heterocycles. The van der Waals surface area contributed by atoms with Gasteiger partial charge in [-0.1, -0.05) is 61.9 Å². The van der Waals surface area contributed by atoms with E-state index in [0.717, 1.165) is 12.1 Å². The van der Waals surface area contributed by atoms with Crippen molar-refractivity contribution >= 4 is 23.3 Å². The SMILES string of the molecule is CCC(N1CCCCC1)n1nc(-c2ccccc2)c2ccccc21.Cl. The van der Waals surface area contributed by atoms with Gasteiger partial charge in [-0.05, 0) is 25.3 Å². The monoisotopic (exact) mass is 355 g/mol. The molecule has 1 aliphatic rings. The van der Waals surface area contributed by atoms with Gasteiger partial charge in [0, 0.05) is 24.0 Å². The van der Waals surface area contributed by atoms with E-state index in [1.165, 1.54) is 48.8 Å². The minimum Gasteiger partial charge on any atom is -0.282 e. The molecular weight excluding hydrogens is 330 g/mol. The molecular formula is C21H26ClN3. The second-order valence-corrected chi connectivity index (χ2v) is 6.66. The fraction of sp³-hybridized carbons (Fsp3) is 0.381. The van der Waals surface area contributed by atoms with Gasteiger partial charge < -0.3 is 0 Å². The molecule has 3 nitrogen and oxygen atoms in total. The molecule has 25 heavy (non-hydrogen) atoms. The van der Waals surface area contributed by atoms with Gasteiger partial charge in [0.05, 0.1) is 5.52 Å². The molecule has 132 valence electrons. The summed E-state index contributed by atoms with van der Waals surface area (Å²) in [4.78, 5) is 2.61. The highest BCUT2D eigenvalue weighted by Crippen LogP contribution is 2.32. The van der Waals surface area contributed by atoms with Crippen LogP contribution in [-0.4, -0.2) is 27.8 Å². The Bertz CT molecular complexity index is 806. The number of aromatic nitrogens is 2. The molecule has 1 atom stereocenters. The molecule has 0 amide bonds. The van der Waals surface area contributed by atoms with E-state index < -0.39 is 0 Å². The van der Waals surface area contributed by atoms with Gasteiger partial charge in [-0.2, -0.15) is 5.10 Å². The van der Waals surface area contributed by atoms with E-state index >= 15 is 0 Å². The number of nitrogens with zero attached hydrogens (tertiary/aromatic N) is 3. The van der Waals surface area contributed by atoms with E-state index in [4.69, 9.17) is 5.10 Å². The third-order valence-electron chi connectivity index (χ3n) is 5.12. The van der Waals surface area contributed by atoms with Gasteiger partial charge >= 0.3 is 0 Å². The minimum absolute atomic E-state index is 0. The highest BCUT2D eigenvalue weighted by atomic mass is 35.5. The van der Waals surface area contributed by atoms with Crippen LogP contribution in [0.15, 0.2) is 54.6 Å². The van der Waals surface area contributed by atoms with Crippen molar-refractivity contribution in [1.29, 1.82) is 0 Å². The van der Waals surface area contributed by atoms with Crippen LogP contribution in [0, 0.1) is 0 Å². The fourth-order valence-corrected chi connectivity index (χ4v) is 3.93. The average Bonchev–Trinajstić information content (AvgIpc) is 3.04. The van der Waals surface area contributed by atoms with Crippen molar-refractivity contribution in [2.24, 2.45) is 0 Å². The zero-order valence-electron chi connectivity index (χ0n) is 14.8. The quantitative estimate of drug-likeness (QED) is 0.614. The normalized spacial score (nSPS) is 16.5. The maximum absolute atomic E-state index is 5.08. The predicted octanol–water partition coefficient (Wildman–Crippen LogP) is 5.52. The number of hydrogen-bond donors (Lipinski definition) is 0. The van der Waals surface area contributed by atoms with Crippen molar-refractivity contribution in [3.63, 3.8) is 0 Å². The lowest BCUT2D eigenvalue weighted by atomic mass is 10.1. The van der Waals surface area contributed by atoms with E-state index in [2.05, 4.69) is 71.1 Å². The Balaban J connectivity index is 0.00000182. The van der Waals surface area contributed by atoms with Crippen LogP contribution in [-0.2, 0) is 0 Å². The van der Waals surface area contributed by atoms with Crippen LogP contribution >= 0.6 is 12.4 Å². The van der Waals surface area contributed by atoms with Crippen LogP contribution in [0.2, 0.25) is 0 Å². The van der Waals surface area contributed by atoms with Gasteiger partial charge in [0.1, 0.15) is 11.9 Å². The molecule has 0 radical (unpaired) electrons. The zero-order chi connectivity index (χ0) is 16.4. The van der Waals surface area contributed by atoms with Gasteiger partial charge in [-0.3, -0.25) is 4.90 Å². The van der Waals surface area contributed by atoms with Crippen LogP contribution in [0.1, 0.15) is 38.8 Å². The summed E-state index contributed by atoms with van der Waals surface area (Å²) in [6.07, 6.45) is 5.41. The van der Waals surface area contributed by atoms with Gasteiger partial charge in [0.25, 0.3) is 0 Å². The third-order valence-corrected chi connectivity index (χ3v) is 5.12. The third kappa shape index (κ3) is 3.44. The number of hydrogen-bond acceptors (Lipinski definition) is 2. The molecule has 1 saturated heterocycles. The number of likely N-dealkylation sites (tertiary alicyclic amines) is 1. The number of piperidine rings is 1. The van der Waals surface area contributed by atoms with Gasteiger partial charge in [0.2, 0.25) is 0 Å². The van der Waals surface area contributed by atoms with E-state index in [9.17, 15) is 0 Å². The van der Waals surface area contributed by atoms with Crippen LogP contribution < -0.4 is 0 Å². The molecule has 0 aliphatic carbocycles. The van der Waals surface area contributed by atoms with E-state index in [-0.39, 0.29) is 12.4 Å². The maximum Gasteiger partial charge on any atom is 0.104 e. The smallest absolute Gasteiger partial charge is 0.104 e. The first-order valence-electron chi connectivity index (χ1n) is 9.15. The molecule has 0 saturated carbocycles. The van der Waals surface area contributed by atoms with Crippen molar-refractivity contribution in [2.45, 2.75) is 38.8 Å². The topological polar surface area (TPSA) is 21.1 Å². The Morgan fingerprint density at radius 1 is 0.920 bits per heavy atom. The Morgan fingerprint density at radius 3 is 2.32 bits per heavy atom. The molecule has 0 N–H and O–H groups in total. The number of rotatable bonds is 4. The lowest BCUT2D eigenvalue weighted by Gasteiger charge is -2.34. The minimum atomic E-state index is 0. The molecule has 0 bridgehead atoms. The summed E-state index contributed by atoms with van der Waals surface area (Å²) in [7, 11) is 0. The number of halogens is 1. The van der Waals surface area contributed by atoms with E-state index in [0.29, 0.717) is 6.17 Å². The number of benzene rings is 2. The number of para-hydroxylation sites is 1. The molecule has 1 aromatic heterocycles. The second kappa shape index (κ2) is 8.03. The molecule has 4 heteroatoms. The summed E-state index contributed by atoms with van der Waals surface area (Å²) < 4.78 is 2.27. The van der Waals surface area contributed by atoms with Crippen molar-refractivity contribution in [3.05, 3.63) is 54.6 Å².